The molecule has 6 heteroatoms. The molecule has 1 atom stereocenters. The number of urea groups is 1. The first-order valence-electron chi connectivity index (χ1n) is 7.53. The van der Waals surface area contributed by atoms with Crippen LogP contribution in [0, 0.1) is 0 Å². The van der Waals surface area contributed by atoms with E-state index in [-0.39, 0.29) is 5.91 Å². The normalized spacial score (nSPS) is 11.8. The van der Waals surface area contributed by atoms with E-state index < -0.39 is 12.1 Å². The van der Waals surface area contributed by atoms with Gasteiger partial charge in [-0.15, -0.1) is 0 Å². The summed E-state index contributed by atoms with van der Waals surface area (Å²) in [6, 6.07) is 15.7. The summed E-state index contributed by atoms with van der Waals surface area (Å²) in [5.74, 6) is -0.378. The van der Waals surface area contributed by atoms with E-state index in [4.69, 9.17) is 11.6 Å². The Balaban J connectivity index is 2.22. The van der Waals surface area contributed by atoms with Gasteiger partial charge in [-0.25, -0.2) is 4.79 Å². The van der Waals surface area contributed by atoms with E-state index in [2.05, 4.69) is 10.6 Å². The molecule has 2 N–H and O–H groups in total. The molecule has 2 aromatic rings. The Morgan fingerprint density at radius 2 is 1.71 bits per heavy atom. The molecule has 0 aromatic heterocycles. The summed E-state index contributed by atoms with van der Waals surface area (Å²) in [4.78, 5) is 25.9. The second-order valence-electron chi connectivity index (χ2n) is 5.42. The molecule has 0 saturated heterocycles. The molecule has 24 heavy (non-hydrogen) atoms. The molecule has 5 nitrogen and oxygen atoms in total. The fraction of sp³-hybridized carbons (Fsp3) is 0.222. The van der Waals surface area contributed by atoms with Crippen LogP contribution >= 0.6 is 11.6 Å². The van der Waals surface area contributed by atoms with Crippen molar-refractivity contribution in [3.63, 3.8) is 0 Å². The summed E-state index contributed by atoms with van der Waals surface area (Å²) in [5, 5.41) is 5.41. The Morgan fingerprint density at radius 3 is 2.29 bits per heavy atom. The molecule has 2 aromatic carbocycles. The fourth-order valence-electron chi connectivity index (χ4n) is 2.45. The minimum absolute atomic E-state index is 0.378. The van der Waals surface area contributed by atoms with Crippen LogP contribution in [0.3, 0.4) is 0 Å². The van der Waals surface area contributed by atoms with Crippen molar-refractivity contribution in [3.8, 4) is 0 Å². The van der Waals surface area contributed by atoms with E-state index in [0.29, 0.717) is 11.6 Å². The monoisotopic (exact) mass is 345 g/mol. The summed E-state index contributed by atoms with van der Waals surface area (Å²) in [6.45, 7) is 0.540. The Hall–Kier alpha value is -2.37. The number of amides is 3. The van der Waals surface area contributed by atoms with Crippen LogP contribution in [0.4, 0.5) is 4.79 Å². The molecule has 0 heterocycles. The number of rotatable bonds is 5. The highest BCUT2D eigenvalue weighted by atomic mass is 35.5. The van der Waals surface area contributed by atoms with Gasteiger partial charge in [-0.2, -0.15) is 0 Å². The molecule has 0 radical (unpaired) electrons. The summed E-state index contributed by atoms with van der Waals surface area (Å²) in [7, 11) is 3.31. The Bertz CT molecular complexity index is 689. The van der Waals surface area contributed by atoms with Gasteiger partial charge in [-0.05, 0) is 30.3 Å². The van der Waals surface area contributed by atoms with Gasteiger partial charge >= 0.3 is 6.03 Å². The highest BCUT2D eigenvalue weighted by molar-refractivity contribution is 6.30. The molecule has 0 spiro atoms. The molecule has 0 aliphatic carbocycles. The van der Waals surface area contributed by atoms with Crippen LogP contribution in [0.2, 0.25) is 5.02 Å². The number of carbonyl (C=O) groups is 2. The van der Waals surface area contributed by atoms with Crippen molar-refractivity contribution in [2.75, 3.05) is 14.1 Å². The van der Waals surface area contributed by atoms with Gasteiger partial charge in [0.15, 0.2) is 0 Å². The topological polar surface area (TPSA) is 61.4 Å². The summed E-state index contributed by atoms with van der Waals surface area (Å²) in [5.41, 5.74) is 1.84. The molecule has 0 aliphatic rings. The number of nitrogens with zero attached hydrogens (tertiary/aromatic N) is 1. The molecule has 0 fully saturated rings. The highest BCUT2D eigenvalue weighted by Gasteiger charge is 2.26. The predicted octanol–water partition coefficient (Wildman–Crippen LogP) is 2.97. The van der Waals surface area contributed by atoms with E-state index in [1.807, 2.05) is 66.5 Å². The molecule has 0 bridgehead atoms. The first-order valence-corrected chi connectivity index (χ1v) is 7.91. The van der Waals surface area contributed by atoms with Gasteiger partial charge in [-0.1, -0.05) is 54.1 Å². The largest absolute Gasteiger partial charge is 0.341 e. The van der Waals surface area contributed by atoms with Crippen LogP contribution in [0.1, 0.15) is 17.2 Å². The lowest BCUT2D eigenvalue weighted by atomic mass is 10.0. The predicted molar refractivity (Wildman–Crippen MR) is 94.7 cm³/mol. The van der Waals surface area contributed by atoms with Gasteiger partial charge in [0.05, 0.1) is 0 Å². The summed E-state index contributed by atoms with van der Waals surface area (Å²) >= 11 is 5.91. The molecular weight excluding hydrogens is 326 g/mol. The van der Waals surface area contributed by atoms with Gasteiger partial charge < -0.3 is 5.32 Å². The standard InChI is InChI=1S/C18H20ClN3O2/c1-20-18(24)21-17(23)16(14-6-4-3-5-7-14)22(2)12-13-8-10-15(19)11-9-13/h3-11,16H,12H2,1-2H3,(H2,20,21,23,24)/t16-/m1/s1. The zero-order valence-corrected chi connectivity index (χ0v) is 14.4. The van der Waals surface area contributed by atoms with Crippen LogP contribution < -0.4 is 10.6 Å². The van der Waals surface area contributed by atoms with E-state index in [9.17, 15) is 9.59 Å². The van der Waals surface area contributed by atoms with Gasteiger partial charge in [0.25, 0.3) is 0 Å². The maximum Gasteiger partial charge on any atom is 0.321 e. The lowest BCUT2D eigenvalue weighted by Gasteiger charge is -2.27. The van der Waals surface area contributed by atoms with Crippen molar-refractivity contribution in [3.05, 3.63) is 70.7 Å². The third kappa shape index (κ3) is 4.81. The molecule has 0 saturated carbocycles. The summed E-state index contributed by atoms with van der Waals surface area (Å²) < 4.78 is 0. The van der Waals surface area contributed by atoms with E-state index >= 15 is 0 Å². The lowest BCUT2D eigenvalue weighted by molar-refractivity contribution is -0.125. The van der Waals surface area contributed by atoms with Crippen LogP contribution in [-0.2, 0) is 11.3 Å². The number of likely N-dealkylation sites (N-methyl/N-ethyl adjacent to an activating group) is 1. The van der Waals surface area contributed by atoms with Crippen molar-refractivity contribution >= 4 is 23.5 Å². The van der Waals surface area contributed by atoms with Crippen molar-refractivity contribution in [1.29, 1.82) is 0 Å². The molecular formula is C18H20ClN3O2. The van der Waals surface area contributed by atoms with Crippen molar-refractivity contribution in [2.24, 2.45) is 0 Å². The number of imide groups is 1. The second kappa shape index (κ2) is 8.47. The molecule has 0 unspecified atom stereocenters. The van der Waals surface area contributed by atoms with Gasteiger partial charge in [-0.3, -0.25) is 15.0 Å². The smallest absolute Gasteiger partial charge is 0.321 e. The van der Waals surface area contributed by atoms with E-state index in [0.717, 1.165) is 11.1 Å². The minimum atomic E-state index is -0.584. The van der Waals surface area contributed by atoms with Crippen LogP contribution in [0.25, 0.3) is 0 Å². The first-order chi connectivity index (χ1) is 11.5. The maximum absolute atomic E-state index is 12.6. The first kappa shape index (κ1) is 18.0. The van der Waals surface area contributed by atoms with Crippen LogP contribution in [0.15, 0.2) is 54.6 Å². The average Bonchev–Trinajstić information content (AvgIpc) is 2.58. The van der Waals surface area contributed by atoms with Crippen molar-refractivity contribution in [2.45, 2.75) is 12.6 Å². The third-order valence-electron chi connectivity index (χ3n) is 3.61. The van der Waals surface area contributed by atoms with Crippen molar-refractivity contribution < 1.29 is 9.59 Å². The Kier molecular flexibility index (Phi) is 6.35. The highest BCUT2D eigenvalue weighted by Crippen LogP contribution is 2.22. The number of benzene rings is 2. The maximum atomic E-state index is 12.6. The van der Waals surface area contributed by atoms with E-state index in [1.54, 1.807) is 0 Å². The number of hydrogen-bond donors (Lipinski definition) is 2. The van der Waals surface area contributed by atoms with Crippen molar-refractivity contribution in [1.82, 2.24) is 15.5 Å². The Morgan fingerprint density at radius 1 is 1.08 bits per heavy atom. The Labute approximate surface area is 146 Å². The number of hydrogen-bond acceptors (Lipinski definition) is 3. The molecule has 3 amide bonds. The molecule has 2 rings (SSSR count). The zero-order chi connectivity index (χ0) is 17.5. The average molecular weight is 346 g/mol. The molecule has 0 aliphatic heterocycles. The summed E-state index contributed by atoms with van der Waals surface area (Å²) in [6.07, 6.45) is 0. The SMILES string of the molecule is CNC(=O)NC(=O)[C@@H](c1ccccc1)N(C)Cc1ccc(Cl)cc1. The zero-order valence-electron chi connectivity index (χ0n) is 13.6. The fourth-order valence-corrected chi connectivity index (χ4v) is 2.58. The lowest BCUT2D eigenvalue weighted by Crippen LogP contribution is -2.44. The quantitative estimate of drug-likeness (QED) is 0.875. The minimum Gasteiger partial charge on any atom is -0.341 e. The van der Waals surface area contributed by atoms with Gasteiger partial charge in [0, 0.05) is 18.6 Å². The second-order valence-corrected chi connectivity index (χ2v) is 5.86. The van der Waals surface area contributed by atoms with Gasteiger partial charge in [0.2, 0.25) is 5.91 Å². The molecule has 126 valence electrons. The number of carbonyl (C=O) groups excluding carboxylic acids is 2. The number of halogens is 1. The van der Waals surface area contributed by atoms with Crippen LogP contribution in [-0.4, -0.2) is 30.9 Å². The van der Waals surface area contributed by atoms with Gasteiger partial charge in [0.1, 0.15) is 6.04 Å². The van der Waals surface area contributed by atoms with Crippen LogP contribution in [0.5, 0.6) is 0 Å². The third-order valence-corrected chi connectivity index (χ3v) is 3.87. The number of nitrogens with one attached hydrogen (secondary N) is 2. The van der Waals surface area contributed by atoms with E-state index in [1.165, 1.54) is 7.05 Å².